The van der Waals surface area contributed by atoms with Crippen molar-refractivity contribution in [1.29, 1.82) is 0 Å². The third-order valence-corrected chi connectivity index (χ3v) is 3.73. The monoisotopic (exact) mass is 270 g/mol. The molecule has 0 bridgehead atoms. The highest BCUT2D eigenvalue weighted by Crippen LogP contribution is 2.27. The first kappa shape index (κ1) is 12.1. The minimum atomic E-state index is 0.492. The van der Waals surface area contributed by atoms with Crippen molar-refractivity contribution >= 4 is 22.2 Å². The first-order valence-electron chi connectivity index (χ1n) is 6.12. The summed E-state index contributed by atoms with van der Waals surface area (Å²) in [7, 11) is 0. The molecule has 0 spiro atoms. The summed E-state index contributed by atoms with van der Waals surface area (Å²) in [5, 5.41) is 4.07. The Balaban J connectivity index is 1.99. The maximum atomic E-state index is 5.86. The summed E-state index contributed by atoms with van der Waals surface area (Å²) in [6.45, 7) is 4.59. The van der Waals surface area contributed by atoms with Crippen LogP contribution in [0.15, 0.2) is 35.8 Å². The van der Waals surface area contributed by atoms with Crippen LogP contribution < -0.4 is 4.74 Å². The molecule has 3 nitrogen and oxygen atoms in total. The minimum Gasteiger partial charge on any atom is -0.484 e. The number of hydrogen-bond donors (Lipinski definition) is 0. The molecular formula is C15H14N2OS. The topological polar surface area (TPSA) is 35.0 Å². The van der Waals surface area contributed by atoms with Gasteiger partial charge in [0.2, 0.25) is 0 Å². The number of aryl methyl sites for hydroxylation is 2. The molecule has 0 unspecified atom stereocenters. The second kappa shape index (κ2) is 4.97. The molecule has 2 aromatic heterocycles. The molecule has 0 aliphatic heterocycles. The van der Waals surface area contributed by atoms with Crippen molar-refractivity contribution in [2.45, 2.75) is 20.5 Å². The highest BCUT2D eigenvalue weighted by atomic mass is 32.1. The van der Waals surface area contributed by atoms with Gasteiger partial charge in [0.1, 0.15) is 22.9 Å². The van der Waals surface area contributed by atoms with E-state index < -0.39 is 0 Å². The molecule has 0 atom stereocenters. The Morgan fingerprint density at radius 1 is 1.26 bits per heavy atom. The van der Waals surface area contributed by atoms with Crippen molar-refractivity contribution < 1.29 is 4.74 Å². The summed E-state index contributed by atoms with van der Waals surface area (Å²) in [6, 6.07) is 8.13. The van der Waals surface area contributed by atoms with Gasteiger partial charge in [0.15, 0.2) is 0 Å². The molecular weight excluding hydrogens is 256 g/mol. The van der Waals surface area contributed by atoms with Gasteiger partial charge in [-0.2, -0.15) is 0 Å². The molecule has 19 heavy (non-hydrogen) atoms. The lowest BCUT2D eigenvalue weighted by molar-refractivity contribution is 0.308. The predicted molar refractivity (Wildman–Crippen MR) is 77.7 cm³/mol. The maximum absolute atomic E-state index is 5.86. The van der Waals surface area contributed by atoms with Crippen LogP contribution in [0, 0.1) is 13.8 Å². The van der Waals surface area contributed by atoms with E-state index >= 15 is 0 Å². The average Bonchev–Trinajstić information content (AvgIpc) is 2.89. The highest BCUT2D eigenvalue weighted by molar-refractivity contribution is 7.09. The molecule has 0 N–H and O–H groups in total. The number of hydrogen-bond acceptors (Lipinski definition) is 4. The zero-order valence-corrected chi connectivity index (χ0v) is 11.7. The van der Waals surface area contributed by atoms with Gasteiger partial charge < -0.3 is 4.74 Å². The molecule has 3 rings (SSSR count). The smallest absolute Gasteiger partial charge is 0.146 e. The minimum absolute atomic E-state index is 0.492. The lowest BCUT2D eigenvalue weighted by Crippen LogP contribution is -1.97. The third kappa shape index (κ3) is 2.44. The summed E-state index contributed by atoms with van der Waals surface area (Å²) in [4.78, 5) is 8.81. The quantitative estimate of drug-likeness (QED) is 0.724. The normalized spacial score (nSPS) is 10.8. The number of thiazole rings is 1. The summed E-state index contributed by atoms with van der Waals surface area (Å²) in [5.74, 6) is 0.819. The lowest BCUT2D eigenvalue weighted by atomic mass is 10.1. The Labute approximate surface area is 115 Å². The number of benzene rings is 1. The van der Waals surface area contributed by atoms with E-state index in [4.69, 9.17) is 4.74 Å². The SMILES string of the molecule is Cc1cc(C)c2cccc(OCc3nccs3)c2n1. The van der Waals surface area contributed by atoms with Gasteiger partial charge in [-0.15, -0.1) is 11.3 Å². The molecule has 0 saturated carbocycles. The zero-order valence-electron chi connectivity index (χ0n) is 10.9. The van der Waals surface area contributed by atoms with Crippen LogP contribution >= 0.6 is 11.3 Å². The van der Waals surface area contributed by atoms with Gasteiger partial charge in [0.05, 0.1) is 0 Å². The number of pyridine rings is 1. The summed E-state index contributed by atoms with van der Waals surface area (Å²) in [5.41, 5.74) is 3.16. The van der Waals surface area contributed by atoms with Gasteiger partial charge in [-0.3, -0.25) is 0 Å². The van der Waals surface area contributed by atoms with Gasteiger partial charge in [0, 0.05) is 22.7 Å². The molecule has 4 heteroatoms. The molecule has 0 aliphatic rings. The first-order chi connectivity index (χ1) is 9.24. The Hall–Kier alpha value is -1.94. The molecule has 2 heterocycles. The number of rotatable bonds is 3. The highest BCUT2D eigenvalue weighted by Gasteiger charge is 2.07. The Morgan fingerprint density at radius 2 is 2.16 bits per heavy atom. The number of ether oxygens (including phenoxy) is 1. The van der Waals surface area contributed by atoms with Crippen LogP contribution in [0.5, 0.6) is 5.75 Å². The molecule has 0 radical (unpaired) electrons. The van der Waals surface area contributed by atoms with Crippen LogP contribution in [0.2, 0.25) is 0 Å². The zero-order chi connectivity index (χ0) is 13.2. The first-order valence-corrected chi connectivity index (χ1v) is 7.00. The Morgan fingerprint density at radius 3 is 2.95 bits per heavy atom. The van der Waals surface area contributed by atoms with Crippen LogP contribution in [-0.2, 0) is 6.61 Å². The summed E-state index contributed by atoms with van der Waals surface area (Å²) in [6.07, 6.45) is 1.79. The second-order valence-electron chi connectivity index (χ2n) is 4.45. The van der Waals surface area contributed by atoms with Crippen molar-refractivity contribution in [1.82, 2.24) is 9.97 Å². The van der Waals surface area contributed by atoms with E-state index in [9.17, 15) is 0 Å². The third-order valence-electron chi connectivity index (χ3n) is 2.97. The lowest BCUT2D eigenvalue weighted by Gasteiger charge is -2.09. The largest absolute Gasteiger partial charge is 0.484 e. The molecule has 0 amide bonds. The standard InChI is InChI=1S/C15H14N2OS/c1-10-8-11(2)17-15-12(10)4-3-5-13(15)18-9-14-16-6-7-19-14/h3-8H,9H2,1-2H3. The van der Waals surface area contributed by atoms with Crippen LogP contribution in [0.3, 0.4) is 0 Å². The molecule has 1 aromatic carbocycles. The van der Waals surface area contributed by atoms with Crippen LogP contribution in [0.1, 0.15) is 16.3 Å². The second-order valence-corrected chi connectivity index (χ2v) is 5.43. The molecule has 3 aromatic rings. The number of fused-ring (bicyclic) bond motifs is 1. The Bertz CT molecular complexity index is 707. The predicted octanol–water partition coefficient (Wildman–Crippen LogP) is 3.89. The van der Waals surface area contributed by atoms with E-state index in [1.807, 2.05) is 24.4 Å². The van der Waals surface area contributed by atoms with E-state index in [1.165, 1.54) is 5.56 Å². The maximum Gasteiger partial charge on any atom is 0.146 e. The number of nitrogens with zero attached hydrogens (tertiary/aromatic N) is 2. The van der Waals surface area contributed by atoms with Gasteiger partial charge in [0.25, 0.3) is 0 Å². The van der Waals surface area contributed by atoms with Crippen molar-refractivity contribution in [2.75, 3.05) is 0 Å². The van der Waals surface area contributed by atoms with Crippen LogP contribution in [0.4, 0.5) is 0 Å². The Kier molecular flexibility index (Phi) is 3.17. The molecule has 0 aliphatic carbocycles. The number of para-hydroxylation sites is 1. The fourth-order valence-electron chi connectivity index (χ4n) is 2.14. The molecule has 96 valence electrons. The molecule has 0 fully saturated rings. The van der Waals surface area contributed by atoms with E-state index in [1.54, 1.807) is 17.5 Å². The van der Waals surface area contributed by atoms with E-state index in [0.29, 0.717) is 6.61 Å². The van der Waals surface area contributed by atoms with Gasteiger partial charge in [-0.25, -0.2) is 9.97 Å². The van der Waals surface area contributed by atoms with Crippen molar-refractivity contribution in [3.63, 3.8) is 0 Å². The fourth-order valence-corrected chi connectivity index (χ4v) is 2.66. The van der Waals surface area contributed by atoms with Crippen molar-refractivity contribution in [2.24, 2.45) is 0 Å². The van der Waals surface area contributed by atoms with Gasteiger partial charge in [-0.1, -0.05) is 12.1 Å². The molecule has 0 saturated heterocycles. The van der Waals surface area contributed by atoms with Crippen LogP contribution in [-0.4, -0.2) is 9.97 Å². The van der Waals surface area contributed by atoms with Crippen LogP contribution in [0.25, 0.3) is 10.9 Å². The summed E-state index contributed by atoms with van der Waals surface area (Å²) >= 11 is 1.60. The van der Waals surface area contributed by atoms with E-state index in [0.717, 1.165) is 27.4 Å². The fraction of sp³-hybridized carbons (Fsp3) is 0.200. The van der Waals surface area contributed by atoms with Gasteiger partial charge in [-0.05, 0) is 31.5 Å². The van der Waals surface area contributed by atoms with Gasteiger partial charge >= 0.3 is 0 Å². The van der Waals surface area contributed by atoms with E-state index in [2.05, 4.69) is 29.0 Å². The summed E-state index contributed by atoms with van der Waals surface area (Å²) < 4.78 is 5.86. The number of aromatic nitrogens is 2. The average molecular weight is 270 g/mol. The van der Waals surface area contributed by atoms with E-state index in [-0.39, 0.29) is 0 Å². The van der Waals surface area contributed by atoms with Crippen molar-refractivity contribution in [3.05, 3.63) is 52.1 Å². The van der Waals surface area contributed by atoms with Crippen molar-refractivity contribution in [3.8, 4) is 5.75 Å².